The summed E-state index contributed by atoms with van der Waals surface area (Å²) in [7, 11) is 0. The standard InChI is InChI=1S/C11H21N3/c1-10-5-4-8-14-11(10)9-13-7-3-2-6-12/h4-5,8,10-11,13H,2-3,6-7,9,12H2,1H3. The second-order valence-corrected chi connectivity index (χ2v) is 3.81. The topological polar surface area (TPSA) is 50.4 Å². The van der Waals surface area contributed by atoms with Crippen LogP contribution in [0.2, 0.25) is 0 Å². The number of allylic oxidation sites excluding steroid dienone is 1. The highest BCUT2D eigenvalue weighted by molar-refractivity contribution is 5.72. The Kier molecular flexibility index (Phi) is 5.49. The number of nitrogens with zero attached hydrogens (tertiary/aromatic N) is 1. The lowest BCUT2D eigenvalue weighted by Gasteiger charge is -2.19. The maximum Gasteiger partial charge on any atom is 0.0683 e. The third-order valence-electron chi connectivity index (χ3n) is 2.55. The van der Waals surface area contributed by atoms with Crippen molar-refractivity contribution in [2.24, 2.45) is 16.6 Å². The van der Waals surface area contributed by atoms with Gasteiger partial charge in [0.2, 0.25) is 0 Å². The molecule has 3 N–H and O–H groups in total. The van der Waals surface area contributed by atoms with Gasteiger partial charge in [0.1, 0.15) is 0 Å². The van der Waals surface area contributed by atoms with Gasteiger partial charge in [0.25, 0.3) is 0 Å². The minimum Gasteiger partial charge on any atom is -0.330 e. The van der Waals surface area contributed by atoms with E-state index in [1.54, 1.807) is 0 Å². The number of nitrogens with two attached hydrogens (primary N) is 1. The highest BCUT2D eigenvalue weighted by Gasteiger charge is 2.13. The van der Waals surface area contributed by atoms with E-state index < -0.39 is 0 Å². The Morgan fingerprint density at radius 3 is 3.00 bits per heavy atom. The quantitative estimate of drug-likeness (QED) is 0.620. The first-order chi connectivity index (χ1) is 6.84. The Morgan fingerprint density at radius 1 is 1.43 bits per heavy atom. The van der Waals surface area contributed by atoms with Crippen molar-refractivity contribution in [3.8, 4) is 0 Å². The molecule has 0 aromatic rings. The summed E-state index contributed by atoms with van der Waals surface area (Å²) < 4.78 is 0. The summed E-state index contributed by atoms with van der Waals surface area (Å²) in [6, 6.07) is 0.415. The van der Waals surface area contributed by atoms with E-state index >= 15 is 0 Å². The molecule has 0 aromatic carbocycles. The smallest absolute Gasteiger partial charge is 0.0683 e. The second kappa shape index (κ2) is 6.74. The van der Waals surface area contributed by atoms with Crippen LogP contribution in [0.5, 0.6) is 0 Å². The number of unbranched alkanes of at least 4 members (excludes halogenated alkanes) is 1. The van der Waals surface area contributed by atoms with Gasteiger partial charge in [0.15, 0.2) is 0 Å². The van der Waals surface area contributed by atoms with Crippen LogP contribution in [-0.2, 0) is 0 Å². The van der Waals surface area contributed by atoms with Crippen LogP contribution in [0.3, 0.4) is 0 Å². The van der Waals surface area contributed by atoms with Gasteiger partial charge in [-0.25, -0.2) is 0 Å². The van der Waals surface area contributed by atoms with Crippen LogP contribution in [0.25, 0.3) is 0 Å². The number of nitrogens with one attached hydrogen (secondary N) is 1. The van der Waals surface area contributed by atoms with Crippen molar-refractivity contribution in [1.82, 2.24) is 5.32 Å². The van der Waals surface area contributed by atoms with E-state index in [0.717, 1.165) is 32.5 Å². The molecule has 0 amide bonds. The van der Waals surface area contributed by atoms with Gasteiger partial charge in [0, 0.05) is 12.8 Å². The molecular formula is C11H21N3. The number of hydrogen-bond donors (Lipinski definition) is 2. The Labute approximate surface area is 86.5 Å². The van der Waals surface area contributed by atoms with Crippen LogP contribution in [-0.4, -0.2) is 31.9 Å². The van der Waals surface area contributed by atoms with Gasteiger partial charge in [-0.3, -0.25) is 4.99 Å². The van der Waals surface area contributed by atoms with Crippen LogP contribution < -0.4 is 11.1 Å². The van der Waals surface area contributed by atoms with Crippen molar-refractivity contribution in [2.45, 2.75) is 25.8 Å². The van der Waals surface area contributed by atoms with Gasteiger partial charge in [-0.15, -0.1) is 0 Å². The van der Waals surface area contributed by atoms with Crippen molar-refractivity contribution in [3.05, 3.63) is 12.2 Å². The molecule has 0 saturated carbocycles. The van der Waals surface area contributed by atoms with Gasteiger partial charge in [0.05, 0.1) is 6.04 Å². The molecule has 0 saturated heterocycles. The number of hydrogen-bond acceptors (Lipinski definition) is 3. The van der Waals surface area contributed by atoms with Gasteiger partial charge in [-0.2, -0.15) is 0 Å². The minimum atomic E-state index is 0.415. The fourth-order valence-electron chi connectivity index (χ4n) is 1.53. The predicted octanol–water partition coefficient (Wildman–Crippen LogP) is 0.960. The first kappa shape index (κ1) is 11.4. The summed E-state index contributed by atoms with van der Waals surface area (Å²) in [6.07, 6.45) is 8.40. The Morgan fingerprint density at radius 2 is 2.29 bits per heavy atom. The molecule has 80 valence electrons. The first-order valence-electron chi connectivity index (χ1n) is 5.45. The van der Waals surface area contributed by atoms with Crippen molar-refractivity contribution in [3.63, 3.8) is 0 Å². The monoisotopic (exact) mass is 195 g/mol. The summed E-state index contributed by atoms with van der Waals surface area (Å²) in [4.78, 5) is 4.43. The lowest BCUT2D eigenvalue weighted by atomic mass is 10.0. The summed E-state index contributed by atoms with van der Waals surface area (Å²) in [5.41, 5.74) is 5.42. The highest BCUT2D eigenvalue weighted by Crippen LogP contribution is 2.10. The SMILES string of the molecule is CC1C=CC=NC1CNCCCCN. The van der Waals surface area contributed by atoms with Crippen molar-refractivity contribution < 1.29 is 0 Å². The molecule has 3 nitrogen and oxygen atoms in total. The summed E-state index contributed by atoms with van der Waals surface area (Å²) in [5, 5.41) is 3.42. The van der Waals surface area contributed by atoms with Gasteiger partial charge in [-0.1, -0.05) is 13.0 Å². The van der Waals surface area contributed by atoms with E-state index in [2.05, 4.69) is 23.3 Å². The van der Waals surface area contributed by atoms with Gasteiger partial charge in [-0.05, 0) is 37.9 Å². The first-order valence-corrected chi connectivity index (χ1v) is 5.45. The molecule has 1 aliphatic rings. The molecule has 2 atom stereocenters. The van der Waals surface area contributed by atoms with Crippen LogP contribution in [0.1, 0.15) is 19.8 Å². The molecule has 0 aliphatic carbocycles. The average molecular weight is 195 g/mol. The average Bonchev–Trinajstić information content (AvgIpc) is 2.20. The summed E-state index contributed by atoms with van der Waals surface area (Å²) in [5.74, 6) is 0.557. The Bertz CT molecular complexity index is 199. The molecule has 1 rings (SSSR count). The normalized spacial score (nSPS) is 25.6. The summed E-state index contributed by atoms with van der Waals surface area (Å²) in [6.45, 7) is 5.04. The highest BCUT2D eigenvalue weighted by atomic mass is 14.9. The molecular weight excluding hydrogens is 174 g/mol. The maximum atomic E-state index is 5.42. The number of dihydropyridines is 1. The third-order valence-corrected chi connectivity index (χ3v) is 2.55. The Hall–Kier alpha value is -0.670. The molecule has 1 aliphatic heterocycles. The third kappa shape index (κ3) is 4.03. The fraction of sp³-hybridized carbons (Fsp3) is 0.727. The van der Waals surface area contributed by atoms with Crippen molar-refractivity contribution in [1.29, 1.82) is 0 Å². The molecule has 3 heteroatoms. The predicted molar refractivity (Wildman–Crippen MR) is 61.7 cm³/mol. The van der Waals surface area contributed by atoms with Crippen LogP contribution in [0, 0.1) is 5.92 Å². The summed E-state index contributed by atoms with van der Waals surface area (Å²) >= 11 is 0. The second-order valence-electron chi connectivity index (χ2n) is 3.81. The van der Waals surface area contributed by atoms with E-state index in [9.17, 15) is 0 Å². The number of rotatable bonds is 6. The molecule has 0 bridgehead atoms. The lowest BCUT2D eigenvalue weighted by molar-refractivity contribution is 0.487. The molecule has 2 unspecified atom stereocenters. The van der Waals surface area contributed by atoms with Crippen molar-refractivity contribution in [2.75, 3.05) is 19.6 Å². The van der Waals surface area contributed by atoms with E-state index in [0.29, 0.717) is 12.0 Å². The van der Waals surface area contributed by atoms with E-state index in [-0.39, 0.29) is 0 Å². The van der Waals surface area contributed by atoms with E-state index in [4.69, 9.17) is 5.73 Å². The van der Waals surface area contributed by atoms with E-state index in [1.807, 2.05) is 12.3 Å². The largest absolute Gasteiger partial charge is 0.330 e. The lowest BCUT2D eigenvalue weighted by Crippen LogP contribution is -2.31. The molecule has 0 fully saturated rings. The fourth-order valence-corrected chi connectivity index (χ4v) is 1.53. The van der Waals surface area contributed by atoms with E-state index in [1.165, 1.54) is 0 Å². The van der Waals surface area contributed by atoms with Crippen LogP contribution in [0.15, 0.2) is 17.1 Å². The van der Waals surface area contributed by atoms with Crippen molar-refractivity contribution >= 4 is 6.21 Å². The van der Waals surface area contributed by atoms with Gasteiger partial charge < -0.3 is 11.1 Å². The molecule has 0 spiro atoms. The molecule has 0 radical (unpaired) electrons. The molecule has 1 heterocycles. The van der Waals surface area contributed by atoms with Gasteiger partial charge >= 0.3 is 0 Å². The molecule has 0 aromatic heterocycles. The zero-order valence-electron chi connectivity index (χ0n) is 8.95. The Balaban J connectivity index is 2.06. The number of aliphatic imine (C=N–C) groups is 1. The molecule has 14 heavy (non-hydrogen) atoms. The van der Waals surface area contributed by atoms with Crippen LogP contribution in [0.4, 0.5) is 0 Å². The maximum absolute atomic E-state index is 5.42. The zero-order chi connectivity index (χ0) is 10.2. The minimum absolute atomic E-state index is 0.415. The van der Waals surface area contributed by atoms with Crippen LogP contribution >= 0.6 is 0 Å². The zero-order valence-corrected chi connectivity index (χ0v) is 8.95.